The summed E-state index contributed by atoms with van der Waals surface area (Å²) in [5.41, 5.74) is 3.95. The third-order valence-corrected chi connectivity index (χ3v) is 3.07. The lowest BCUT2D eigenvalue weighted by Crippen LogP contribution is -2.11. The van der Waals surface area contributed by atoms with Crippen LogP contribution >= 0.6 is 15.9 Å². The van der Waals surface area contributed by atoms with E-state index in [-0.39, 0.29) is 0 Å². The molecular formula is C11H10BrN7. The van der Waals surface area contributed by atoms with Crippen molar-refractivity contribution in [2.45, 2.75) is 0 Å². The van der Waals surface area contributed by atoms with E-state index in [1.54, 1.807) is 6.20 Å². The second-order valence-corrected chi connectivity index (χ2v) is 4.72. The van der Waals surface area contributed by atoms with Crippen LogP contribution in [0.3, 0.4) is 0 Å². The zero-order valence-corrected chi connectivity index (χ0v) is 11.3. The number of fused-ring (bicyclic) bond motifs is 1. The molecular weight excluding hydrogens is 310 g/mol. The van der Waals surface area contributed by atoms with Crippen LogP contribution in [0.15, 0.2) is 34.9 Å². The zero-order valence-electron chi connectivity index (χ0n) is 9.68. The molecule has 0 bridgehead atoms. The first kappa shape index (κ1) is 11.9. The number of benzene rings is 1. The van der Waals surface area contributed by atoms with E-state index in [1.807, 2.05) is 24.3 Å². The minimum Gasteiger partial charge on any atom is -0.339 e. The third-order valence-electron chi connectivity index (χ3n) is 2.55. The largest absolute Gasteiger partial charge is 0.339 e. The van der Waals surface area contributed by atoms with Gasteiger partial charge in [-0.2, -0.15) is 15.1 Å². The molecule has 2 aromatic heterocycles. The fourth-order valence-electron chi connectivity index (χ4n) is 1.66. The van der Waals surface area contributed by atoms with Gasteiger partial charge in [-0.1, -0.05) is 15.9 Å². The fourth-order valence-corrected chi connectivity index (χ4v) is 1.93. The lowest BCUT2D eigenvalue weighted by atomic mass is 10.3. The third kappa shape index (κ3) is 2.35. The molecule has 96 valence electrons. The Labute approximate surface area is 116 Å². The van der Waals surface area contributed by atoms with Gasteiger partial charge in [0, 0.05) is 10.2 Å². The first-order valence-corrected chi connectivity index (χ1v) is 6.26. The lowest BCUT2D eigenvalue weighted by Gasteiger charge is -2.08. The van der Waals surface area contributed by atoms with Gasteiger partial charge in [0.2, 0.25) is 5.95 Å². The van der Waals surface area contributed by atoms with Crippen LogP contribution in [0.25, 0.3) is 11.0 Å². The predicted octanol–water partition coefficient (Wildman–Crippen LogP) is 2.14. The quantitative estimate of drug-likeness (QED) is 0.435. The highest BCUT2D eigenvalue weighted by Crippen LogP contribution is 2.24. The number of rotatable bonds is 3. The molecule has 0 spiro atoms. The summed E-state index contributed by atoms with van der Waals surface area (Å²) in [5, 5.41) is 10.7. The number of nitrogens with zero attached hydrogens (tertiary/aromatic N) is 3. The molecule has 8 heteroatoms. The smallest absolute Gasteiger partial charge is 0.241 e. The van der Waals surface area contributed by atoms with Gasteiger partial charge in [0.25, 0.3) is 0 Å². The Hall–Kier alpha value is -2.19. The minimum atomic E-state index is 0.316. The van der Waals surface area contributed by atoms with Gasteiger partial charge in [-0.25, -0.2) is 5.84 Å². The van der Waals surface area contributed by atoms with Crippen LogP contribution in [-0.4, -0.2) is 20.2 Å². The Morgan fingerprint density at radius 3 is 2.68 bits per heavy atom. The molecule has 0 saturated carbocycles. The maximum atomic E-state index is 5.35. The van der Waals surface area contributed by atoms with Crippen molar-refractivity contribution in [2.24, 2.45) is 5.84 Å². The summed E-state index contributed by atoms with van der Waals surface area (Å²) < 4.78 is 1.01. The van der Waals surface area contributed by atoms with Crippen molar-refractivity contribution in [3.63, 3.8) is 0 Å². The first-order valence-electron chi connectivity index (χ1n) is 5.46. The average Bonchev–Trinajstić information content (AvgIpc) is 2.89. The summed E-state index contributed by atoms with van der Waals surface area (Å²) in [7, 11) is 0. The number of anilines is 3. The molecule has 19 heavy (non-hydrogen) atoms. The summed E-state index contributed by atoms with van der Waals surface area (Å²) in [4.78, 5) is 8.44. The Kier molecular flexibility index (Phi) is 3.02. The summed E-state index contributed by atoms with van der Waals surface area (Å²) in [6, 6.07) is 7.76. The molecule has 0 aliphatic heterocycles. The van der Waals surface area contributed by atoms with Crippen molar-refractivity contribution >= 4 is 44.4 Å². The molecule has 0 radical (unpaired) electrons. The summed E-state index contributed by atoms with van der Waals surface area (Å²) in [6.07, 6.45) is 1.66. The normalized spacial score (nSPS) is 10.6. The summed E-state index contributed by atoms with van der Waals surface area (Å²) in [5.74, 6) is 6.30. The van der Waals surface area contributed by atoms with E-state index in [9.17, 15) is 0 Å². The maximum absolute atomic E-state index is 5.35. The molecule has 3 rings (SSSR count). The standard InChI is InChI=1S/C11H10BrN7/c12-6-1-3-7(4-2-6)15-9-8-5-14-19-10(8)17-11(16-9)18-13/h1-5H,13H2,(H3,14,15,16,17,18,19). The van der Waals surface area contributed by atoms with Gasteiger partial charge in [0.05, 0.1) is 11.6 Å². The van der Waals surface area contributed by atoms with Crippen LogP contribution in [-0.2, 0) is 0 Å². The van der Waals surface area contributed by atoms with Gasteiger partial charge >= 0.3 is 0 Å². The Morgan fingerprint density at radius 2 is 1.95 bits per heavy atom. The molecule has 0 amide bonds. The lowest BCUT2D eigenvalue weighted by molar-refractivity contribution is 1.08. The number of halogens is 1. The Balaban J connectivity index is 2.03. The molecule has 0 aliphatic carbocycles. The molecule has 5 N–H and O–H groups in total. The molecule has 1 aromatic carbocycles. The number of aromatic amines is 1. The number of nitrogen functional groups attached to an aromatic ring is 1. The molecule has 0 fully saturated rings. The van der Waals surface area contributed by atoms with Crippen LogP contribution in [0.5, 0.6) is 0 Å². The van der Waals surface area contributed by atoms with E-state index >= 15 is 0 Å². The minimum absolute atomic E-state index is 0.316. The van der Waals surface area contributed by atoms with Crippen LogP contribution in [0.4, 0.5) is 17.5 Å². The van der Waals surface area contributed by atoms with Crippen LogP contribution in [0.2, 0.25) is 0 Å². The second-order valence-electron chi connectivity index (χ2n) is 3.80. The van der Waals surface area contributed by atoms with Crippen molar-refractivity contribution in [2.75, 3.05) is 10.7 Å². The van der Waals surface area contributed by atoms with E-state index in [0.717, 1.165) is 15.5 Å². The summed E-state index contributed by atoms with van der Waals surface area (Å²) in [6.45, 7) is 0. The molecule has 0 unspecified atom stereocenters. The summed E-state index contributed by atoms with van der Waals surface area (Å²) >= 11 is 3.39. The molecule has 7 nitrogen and oxygen atoms in total. The monoisotopic (exact) mass is 319 g/mol. The first-order chi connectivity index (χ1) is 9.26. The molecule has 0 aliphatic rings. The molecule has 0 atom stereocenters. The van der Waals surface area contributed by atoms with Crippen molar-refractivity contribution in [3.05, 3.63) is 34.9 Å². The van der Waals surface area contributed by atoms with Crippen molar-refractivity contribution < 1.29 is 0 Å². The number of hydrogen-bond donors (Lipinski definition) is 4. The molecule has 2 heterocycles. The van der Waals surface area contributed by atoms with Crippen LogP contribution < -0.4 is 16.6 Å². The van der Waals surface area contributed by atoms with E-state index in [0.29, 0.717) is 17.4 Å². The highest BCUT2D eigenvalue weighted by atomic mass is 79.9. The molecule has 3 aromatic rings. The van der Waals surface area contributed by atoms with Gasteiger partial charge in [-0.3, -0.25) is 10.5 Å². The van der Waals surface area contributed by atoms with Crippen molar-refractivity contribution in [3.8, 4) is 0 Å². The zero-order chi connectivity index (χ0) is 13.2. The highest BCUT2D eigenvalue weighted by molar-refractivity contribution is 9.10. The topological polar surface area (TPSA) is 105 Å². The average molecular weight is 320 g/mol. The van der Waals surface area contributed by atoms with Crippen LogP contribution in [0, 0.1) is 0 Å². The van der Waals surface area contributed by atoms with E-state index in [2.05, 4.69) is 46.8 Å². The number of H-pyrrole nitrogens is 1. The fraction of sp³-hybridized carbons (Fsp3) is 0. The predicted molar refractivity (Wildman–Crippen MR) is 76.9 cm³/mol. The number of nitrogens with one attached hydrogen (secondary N) is 3. The van der Waals surface area contributed by atoms with Crippen LogP contribution in [0.1, 0.15) is 0 Å². The van der Waals surface area contributed by atoms with E-state index in [4.69, 9.17) is 5.84 Å². The molecule has 0 saturated heterocycles. The van der Waals surface area contributed by atoms with E-state index < -0.39 is 0 Å². The number of hydrazine groups is 1. The SMILES string of the molecule is NNc1nc(Nc2ccc(Br)cc2)c2cn[nH]c2n1. The van der Waals surface area contributed by atoms with Gasteiger partial charge in [-0.05, 0) is 24.3 Å². The Bertz CT molecular complexity index is 707. The van der Waals surface area contributed by atoms with Gasteiger partial charge in [-0.15, -0.1) is 0 Å². The second kappa shape index (κ2) is 4.82. The number of nitrogens with two attached hydrogens (primary N) is 1. The van der Waals surface area contributed by atoms with E-state index in [1.165, 1.54) is 0 Å². The highest BCUT2D eigenvalue weighted by Gasteiger charge is 2.09. The number of hydrogen-bond acceptors (Lipinski definition) is 6. The van der Waals surface area contributed by atoms with Crippen molar-refractivity contribution in [1.29, 1.82) is 0 Å². The maximum Gasteiger partial charge on any atom is 0.241 e. The van der Waals surface area contributed by atoms with Gasteiger partial charge < -0.3 is 5.32 Å². The van der Waals surface area contributed by atoms with Crippen molar-refractivity contribution in [1.82, 2.24) is 20.2 Å². The Morgan fingerprint density at radius 1 is 1.16 bits per heavy atom. The number of aromatic nitrogens is 4. The van der Waals surface area contributed by atoms with Gasteiger partial charge in [0.1, 0.15) is 5.82 Å². The van der Waals surface area contributed by atoms with Gasteiger partial charge in [0.15, 0.2) is 5.65 Å².